The number of hydrogen-bond acceptors (Lipinski definition) is 9. The minimum absolute atomic E-state index is 0.00620. The largest absolute Gasteiger partial charge is 0.478 e. The zero-order valence-corrected chi connectivity index (χ0v) is 24.0. The van der Waals surface area contributed by atoms with Crippen LogP contribution in [0.5, 0.6) is 0 Å². The van der Waals surface area contributed by atoms with Gasteiger partial charge in [-0.3, -0.25) is 29.8 Å². The molecule has 0 unspecified atom stereocenters. The molecule has 0 saturated carbocycles. The number of nitrogen functional groups attached to an aromatic ring is 1. The number of nitrogens with zero attached hydrogens (tertiary/aromatic N) is 2. The van der Waals surface area contributed by atoms with E-state index in [0.717, 1.165) is 30.3 Å². The van der Waals surface area contributed by atoms with Crippen LogP contribution in [0.25, 0.3) is 0 Å². The summed E-state index contributed by atoms with van der Waals surface area (Å²) in [6, 6.07) is 9.18. The quantitative estimate of drug-likeness (QED) is 0.130. The van der Waals surface area contributed by atoms with Crippen molar-refractivity contribution >= 4 is 65.4 Å². The van der Waals surface area contributed by atoms with E-state index >= 15 is 0 Å². The Kier molecular flexibility index (Phi) is 16.5. The number of carboxylic acid groups (broad SMARTS) is 1. The Morgan fingerprint density at radius 1 is 0.767 bits per heavy atom. The van der Waals surface area contributed by atoms with Gasteiger partial charge in [-0.1, -0.05) is 0 Å². The summed E-state index contributed by atoms with van der Waals surface area (Å²) in [4.78, 5) is 51.1. The number of nitro groups is 2. The van der Waals surface area contributed by atoms with Gasteiger partial charge in [-0.2, -0.15) is 0 Å². The molecule has 14 nitrogen and oxygen atoms in total. The van der Waals surface area contributed by atoms with Gasteiger partial charge in [-0.25, -0.2) is 22.2 Å². The first kappa shape index (κ1) is 38.2. The lowest BCUT2D eigenvalue weighted by molar-refractivity contribution is -0.385. The highest BCUT2D eigenvalue weighted by Crippen LogP contribution is 2.17. The first-order valence-corrected chi connectivity index (χ1v) is 13.6. The fourth-order valence-electron chi connectivity index (χ4n) is 2.58. The Bertz CT molecular complexity index is 1530. The molecule has 0 saturated heterocycles. The molecular formula is C23H20Cl2F3N5O9S. The van der Waals surface area contributed by atoms with Gasteiger partial charge in [-0.05, 0) is 30.3 Å². The molecule has 0 spiro atoms. The maximum atomic E-state index is 13.1. The monoisotopic (exact) mass is 669 g/mol. The third kappa shape index (κ3) is 13.6. The van der Waals surface area contributed by atoms with Gasteiger partial charge >= 0.3 is 5.97 Å². The predicted molar refractivity (Wildman–Crippen MR) is 151 cm³/mol. The number of nitrogens with one attached hydrogen (secondary N) is 2. The molecule has 43 heavy (non-hydrogen) atoms. The van der Waals surface area contributed by atoms with Crippen LogP contribution in [-0.4, -0.2) is 51.0 Å². The number of nitro benzene ring substituents is 2. The van der Waals surface area contributed by atoms with Crippen LogP contribution in [0.15, 0.2) is 54.6 Å². The van der Waals surface area contributed by atoms with E-state index in [1.165, 1.54) is 26.2 Å². The smallest absolute Gasteiger partial charge is 0.338 e. The first-order chi connectivity index (χ1) is 20.0. The molecule has 0 atom stereocenters. The fraction of sp³-hybridized carbons (Fsp3) is 0.0870. The Morgan fingerprint density at radius 3 is 1.37 bits per heavy atom. The van der Waals surface area contributed by atoms with Gasteiger partial charge in [0.15, 0.2) is 0 Å². The molecule has 0 aliphatic rings. The van der Waals surface area contributed by atoms with Crippen molar-refractivity contribution in [2.75, 3.05) is 19.8 Å². The summed E-state index contributed by atoms with van der Waals surface area (Å²) in [7, 11) is 10.2. The third-order valence-corrected chi connectivity index (χ3v) is 4.49. The van der Waals surface area contributed by atoms with Gasteiger partial charge < -0.3 is 21.5 Å². The second-order valence-corrected chi connectivity index (χ2v) is 9.75. The summed E-state index contributed by atoms with van der Waals surface area (Å²) in [5.41, 5.74) is 3.97. The average molecular weight is 670 g/mol. The number of carboxylic acids is 1. The lowest BCUT2D eigenvalue weighted by Crippen LogP contribution is -2.19. The van der Waals surface area contributed by atoms with E-state index < -0.39 is 65.6 Å². The maximum Gasteiger partial charge on any atom is 0.338 e. The maximum absolute atomic E-state index is 13.1. The number of benzene rings is 3. The number of amides is 2. The highest BCUT2D eigenvalue weighted by molar-refractivity contribution is 8.26. The molecule has 5 N–H and O–H groups in total. The fourth-order valence-corrected chi connectivity index (χ4v) is 2.58. The van der Waals surface area contributed by atoms with E-state index in [1.54, 1.807) is 0 Å². The number of carbonyl (C=O) groups excluding carboxylic acids is 2. The van der Waals surface area contributed by atoms with Gasteiger partial charge in [0.2, 0.25) is 9.23 Å². The zero-order valence-electron chi connectivity index (χ0n) is 21.7. The van der Waals surface area contributed by atoms with E-state index in [4.69, 9.17) is 15.0 Å². The summed E-state index contributed by atoms with van der Waals surface area (Å²) in [6.07, 6.45) is 0. The van der Waals surface area contributed by atoms with Crippen molar-refractivity contribution in [1.29, 1.82) is 0 Å². The summed E-state index contributed by atoms with van der Waals surface area (Å²) >= 11 is 0. The van der Waals surface area contributed by atoms with Crippen LogP contribution in [0.3, 0.4) is 0 Å². The molecule has 3 aromatic rings. The molecule has 0 aromatic heterocycles. The SMILES string of the molecule is CNC(=O)c1ccc(N)cc1F.CNC(=O)c1ccc([N+](=O)[O-])cc1F.O=C(O)c1ccc([N+](=O)[O-])cc1F.O=S(Cl)Cl. The predicted octanol–water partition coefficient (Wildman–Crippen LogP) is 4.34. The molecule has 2 amide bonds. The van der Waals surface area contributed by atoms with Crippen molar-refractivity contribution in [1.82, 2.24) is 10.6 Å². The molecule has 0 fully saturated rings. The summed E-state index contributed by atoms with van der Waals surface area (Å²) < 4.78 is 47.9. The Labute approximate surface area is 251 Å². The third-order valence-electron chi connectivity index (χ3n) is 4.49. The van der Waals surface area contributed by atoms with E-state index in [0.29, 0.717) is 17.8 Å². The van der Waals surface area contributed by atoms with Crippen molar-refractivity contribution in [3.63, 3.8) is 0 Å². The number of carbonyl (C=O) groups is 3. The number of non-ortho nitro benzene ring substituents is 2. The summed E-state index contributed by atoms with van der Waals surface area (Å²) in [6.45, 7) is 0. The van der Waals surface area contributed by atoms with E-state index in [-0.39, 0.29) is 16.8 Å². The van der Waals surface area contributed by atoms with Gasteiger partial charge in [0.05, 0.1) is 38.7 Å². The van der Waals surface area contributed by atoms with Gasteiger partial charge in [0.25, 0.3) is 23.2 Å². The van der Waals surface area contributed by atoms with Gasteiger partial charge in [0, 0.05) is 53.3 Å². The van der Waals surface area contributed by atoms with Crippen LogP contribution in [0.2, 0.25) is 0 Å². The van der Waals surface area contributed by atoms with E-state index in [2.05, 4.69) is 32.0 Å². The molecule has 0 heterocycles. The van der Waals surface area contributed by atoms with Crippen molar-refractivity contribution < 1.29 is 46.7 Å². The van der Waals surface area contributed by atoms with Crippen molar-refractivity contribution in [3.05, 3.63) is 109 Å². The lowest BCUT2D eigenvalue weighted by Gasteiger charge is -2.01. The number of anilines is 1. The minimum Gasteiger partial charge on any atom is -0.478 e. The van der Waals surface area contributed by atoms with Crippen LogP contribution in [-0.2, 0) is 9.23 Å². The highest BCUT2D eigenvalue weighted by atomic mass is 36.0. The average Bonchev–Trinajstić information content (AvgIpc) is 2.92. The first-order valence-electron chi connectivity index (χ1n) is 10.8. The number of halogens is 5. The van der Waals surface area contributed by atoms with Crippen LogP contribution in [0.1, 0.15) is 31.1 Å². The normalized spacial score (nSPS) is 9.49. The molecule has 3 aromatic carbocycles. The Morgan fingerprint density at radius 2 is 1.09 bits per heavy atom. The molecule has 0 bridgehead atoms. The van der Waals surface area contributed by atoms with Crippen LogP contribution in [0.4, 0.5) is 30.2 Å². The van der Waals surface area contributed by atoms with Crippen molar-refractivity contribution in [2.45, 2.75) is 0 Å². The van der Waals surface area contributed by atoms with E-state index in [1.807, 2.05) is 0 Å². The highest BCUT2D eigenvalue weighted by Gasteiger charge is 2.15. The number of hydrogen-bond donors (Lipinski definition) is 4. The molecule has 0 aliphatic heterocycles. The second kappa shape index (κ2) is 18.6. The molecular weight excluding hydrogens is 650 g/mol. The van der Waals surface area contributed by atoms with Crippen molar-refractivity contribution in [3.8, 4) is 0 Å². The molecule has 0 aliphatic carbocycles. The Balaban J connectivity index is 0.000000580. The second-order valence-electron chi connectivity index (χ2n) is 7.23. The molecule has 232 valence electrons. The topological polar surface area (TPSA) is 225 Å². The van der Waals surface area contributed by atoms with Gasteiger partial charge in [0.1, 0.15) is 17.5 Å². The van der Waals surface area contributed by atoms with Crippen LogP contribution < -0.4 is 16.4 Å². The standard InChI is InChI=1S/C8H7FN2O3.C8H9FN2O.C7H4FNO4.Cl2OS/c1-10-8(12)6-3-2-5(11(13)14)4-7(6)9;1-11-8(12)6-3-2-5(10)4-7(6)9;8-6-3-4(9(12)13)1-2-5(6)7(10)11;1-4(2)3/h2-4H,1H3,(H,10,12);2-4H,10H2,1H3,(H,11,12);1-3H,(H,10,11);. The van der Waals surface area contributed by atoms with Crippen LogP contribution in [0, 0.1) is 37.7 Å². The minimum atomic E-state index is -1.67. The van der Waals surface area contributed by atoms with E-state index in [9.17, 15) is 47.8 Å². The summed E-state index contributed by atoms with van der Waals surface area (Å²) in [5.74, 6) is -5.13. The molecule has 0 radical (unpaired) electrons. The summed E-state index contributed by atoms with van der Waals surface area (Å²) in [5, 5.41) is 33.3. The molecule has 20 heteroatoms. The lowest BCUT2D eigenvalue weighted by atomic mass is 10.2. The number of rotatable bonds is 5. The number of nitrogens with two attached hydrogens (primary N) is 1. The Hall–Kier alpha value is -4.81. The van der Waals surface area contributed by atoms with Crippen molar-refractivity contribution in [2.24, 2.45) is 0 Å². The molecule has 3 rings (SSSR count). The van der Waals surface area contributed by atoms with Gasteiger partial charge in [-0.15, -0.1) is 0 Å². The van der Waals surface area contributed by atoms with Crippen LogP contribution >= 0.6 is 21.4 Å². The number of aromatic carboxylic acids is 1. The zero-order chi connectivity index (χ0) is 33.4.